The molecule has 0 aliphatic heterocycles. The Morgan fingerprint density at radius 2 is 2.00 bits per heavy atom. The predicted molar refractivity (Wildman–Crippen MR) is 78.3 cm³/mol. The van der Waals surface area contributed by atoms with Crippen LogP contribution in [0.4, 0.5) is 5.82 Å². The number of pyridine rings is 1. The first kappa shape index (κ1) is 14.7. The fraction of sp³-hybridized carbons (Fsp3) is 0.357. The molecule has 0 saturated carbocycles. The predicted octanol–water partition coefficient (Wildman–Crippen LogP) is 2.76. The lowest BCUT2D eigenvalue weighted by molar-refractivity contribution is -0.146. The normalized spacial score (nSPS) is 21.5. The number of carboxylic acids is 1. The fourth-order valence-corrected chi connectivity index (χ4v) is 2.42. The minimum absolute atomic E-state index is 0.295. The third kappa shape index (κ3) is 3.25. The van der Waals surface area contributed by atoms with E-state index in [2.05, 4.69) is 26.2 Å². The van der Waals surface area contributed by atoms with Gasteiger partial charge in [0.1, 0.15) is 5.82 Å². The van der Waals surface area contributed by atoms with Crippen LogP contribution in [0.3, 0.4) is 0 Å². The minimum atomic E-state index is -0.936. The second kappa shape index (κ2) is 6.17. The average molecular weight is 339 g/mol. The van der Waals surface area contributed by atoms with Gasteiger partial charge in [0.25, 0.3) is 0 Å². The second-order valence-corrected chi connectivity index (χ2v) is 5.66. The molecule has 1 aliphatic carbocycles. The Labute approximate surface area is 125 Å². The summed E-state index contributed by atoms with van der Waals surface area (Å²) in [4.78, 5) is 27.5. The summed E-state index contributed by atoms with van der Waals surface area (Å²) >= 11 is 3.34. The second-order valence-electron chi connectivity index (χ2n) is 4.80. The molecule has 2 rings (SSSR count). The van der Waals surface area contributed by atoms with Gasteiger partial charge in [-0.15, -0.1) is 0 Å². The highest BCUT2D eigenvalue weighted by atomic mass is 79.9. The van der Waals surface area contributed by atoms with E-state index in [4.69, 9.17) is 5.11 Å². The van der Waals surface area contributed by atoms with E-state index < -0.39 is 17.8 Å². The van der Waals surface area contributed by atoms with Crippen molar-refractivity contribution in [3.8, 4) is 0 Å². The molecule has 106 valence electrons. The summed E-state index contributed by atoms with van der Waals surface area (Å²) in [5.74, 6) is -2.01. The van der Waals surface area contributed by atoms with Gasteiger partial charge in [0.05, 0.1) is 11.8 Å². The summed E-state index contributed by atoms with van der Waals surface area (Å²) in [6, 6.07) is 1.75. The van der Waals surface area contributed by atoms with Gasteiger partial charge in [0.2, 0.25) is 5.91 Å². The zero-order chi connectivity index (χ0) is 14.7. The highest BCUT2D eigenvalue weighted by Crippen LogP contribution is 2.27. The van der Waals surface area contributed by atoms with Gasteiger partial charge in [-0.2, -0.15) is 0 Å². The van der Waals surface area contributed by atoms with E-state index in [1.807, 2.05) is 19.1 Å². The molecule has 2 N–H and O–H groups in total. The van der Waals surface area contributed by atoms with Crippen LogP contribution in [0.2, 0.25) is 0 Å². The van der Waals surface area contributed by atoms with Crippen molar-refractivity contribution >= 4 is 33.6 Å². The molecular formula is C14H15BrN2O3. The molecule has 1 amide bonds. The van der Waals surface area contributed by atoms with E-state index in [0.29, 0.717) is 18.7 Å². The highest BCUT2D eigenvalue weighted by Gasteiger charge is 2.34. The van der Waals surface area contributed by atoms with Crippen molar-refractivity contribution in [1.82, 2.24) is 4.98 Å². The first-order chi connectivity index (χ1) is 9.49. The van der Waals surface area contributed by atoms with Crippen LogP contribution in [0.25, 0.3) is 0 Å². The number of anilines is 1. The van der Waals surface area contributed by atoms with Crippen molar-refractivity contribution in [3.63, 3.8) is 0 Å². The molecule has 0 saturated heterocycles. The standard InChI is InChI=1S/C14H15BrN2O3/c1-8-6-12(16-7-11(8)15)17-13(18)9-4-2-3-5-10(9)14(19)20/h2-3,6-7,9-10H,4-5H2,1H3,(H,19,20)(H,16,17,18)/t9-,10+/m1/s1. The maximum absolute atomic E-state index is 12.2. The number of amides is 1. The summed E-state index contributed by atoms with van der Waals surface area (Å²) in [7, 11) is 0. The summed E-state index contributed by atoms with van der Waals surface area (Å²) in [5.41, 5.74) is 0.952. The van der Waals surface area contributed by atoms with Crippen LogP contribution >= 0.6 is 15.9 Å². The van der Waals surface area contributed by atoms with Gasteiger partial charge < -0.3 is 10.4 Å². The van der Waals surface area contributed by atoms with Crippen LogP contribution in [-0.2, 0) is 9.59 Å². The molecule has 20 heavy (non-hydrogen) atoms. The molecule has 0 radical (unpaired) electrons. The van der Waals surface area contributed by atoms with Gasteiger partial charge in [0.15, 0.2) is 0 Å². The van der Waals surface area contributed by atoms with Crippen LogP contribution in [0, 0.1) is 18.8 Å². The number of aliphatic carboxylic acids is 1. The minimum Gasteiger partial charge on any atom is -0.481 e. The lowest BCUT2D eigenvalue weighted by atomic mass is 9.82. The smallest absolute Gasteiger partial charge is 0.307 e. The zero-order valence-electron chi connectivity index (χ0n) is 11.0. The van der Waals surface area contributed by atoms with Crippen LogP contribution < -0.4 is 5.32 Å². The topological polar surface area (TPSA) is 79.3 Å². The van der Waals surface area contributed by atoms with E-state index >= 15 is 0 Å². The Bertz CT molecular complexity index is 572. The van der Waals surface area contributed by atoms with Crippen molar-refractivity contribution in [3.05, 3.63) is 34.5 Å². The molecule has 0 unspecified atom stereocenters. The Balaban J connectivity index is 2.12. The fourth-order valence-electron chi connectivity index (χ4n) is 2.20. The van der Waals surface area contributed by atoms with E-state index in [1.54, 1.807) is 12.3 Å². The number of nitrogens with zero attached hydrogens (tertiary/aromatic N) is 1. The molecule has 0 spiro atoms. The third-order valence-corrected chi connectivity index (χ3v) is 4.21. The van der Waals surface area contributed by atoms with Gasteiger partial charge in [-0.05, 0) is 47.3 Å². The number of hydrogen-bond donors (Lipinski definition) is 2. The Hall–Kier alpha value is -1.69. The Morgan fingerprint density at radius 1 is 1.35 bits per heavy atom. The van der Waals surface area contributed by atoms with E-state index in [-0.39, 0.29) is 5.91 Å². The quantitative estimate of drug-likeness (QED) is 0.830. The van der Waals surface area contributed by atoms with Gasteiger partial charge in [-0.1, -0.05) is 12.2 Å². The number of nitrogens with one attached hydrogen (secondary N) is 1. The zero-order valence-corrected chi connectivity index (χ0v) is 12.6. The summed E-state index contributed by atoms with van der Waals surface area (Å²) in [6.45, 7) is 1.89. The van der Waals surface area contributed by atoms with Crippen LogP contribution in [-0.4, -0.2) is 22.0 Å². The number of carboxylic acid groups (broad SMARTS) is 1. The van der Waals surface area contributed by atoms with E-state index in [0.717, 1.165) is 10.0 Å². The molecule has 1 aliphatic rings. The summed E-state index contributed by atoms with van der Waals surface area (Å²) in [6.07, 6.45) is 6.10. The first-order valence-electron chi connectivity index (χ1n) is 6.30. The number of aryl methyl sites for hydroxylation is 1. The van der Waals surface area contributed by atoms with Crippen LogP contribution in [0.15, 0.2) is 28.9 Å². The van der Waals surface area contributed by atoms with Crippen molar-refractivity contribution < 1.29 is 14.7 Å². The SMILES string of the molecule is Cc1cc(NC(=O)[C@@H]2CC=CC[C@@H]2C(=O)O)ncc1Br. The van der Waals surface area contributed by atoms with Crippen LogP contribution in [0.1, 0.15) is 18.4 Å². The molecule has 0 aromatic carbocycles. The van der Waals surface area contributed by atoms with Crippen molar-refractivity contribution in [2.45, 2.75) is 19.8 Å². The van der Waals surface area contributed by atoms with Gasteiger partial charge in [-0.3, -0.25) is 9.59 Å². The molecule has 6 heteroatoms. The van der Waals surface area contributed by atoms with Gasteiger partial charge in [-0.25, -0.2) is 4.98 Å². The molecule has 2 atom stereocenters. The van der Waals surface area contributed by atoms with Crippen molar-refractivity contribution in [2.24, 2.45) is 11.8 Å². The van der Waals surface area contributed by atoms with Gasteiger partial charge in [0, 0.05) is 10.7 Å². The van der Waals surface area contributed by atoms with Crippen molar-refractivity contribution in [1.29, 1.82) is 0 Å². The largest absolute Gasteiger partial charge is 0.481 e. The lowest BCUT2D eigenvalue weighted by Crippen LogP contribution is -2.34. The number of rotatable bonds is 3. The molecule has 0 bridgehead atoms. The monoisotopic (exact) mass is 338 g/mol. The number of hydrogen-bond acceptors (Lipinski definition) is 3. The first-order valence-corrected chi connectivity index (χ1v) is 7.09. The lowest BCUT2D eigenvalue weighted by Gasteiger charge is -2.24. The third-order valence-electron chi connectivity index (χ3n) is 3.38. The molecule has 5 nitrogen and oxygen atoms in total. The number of carbonyl (C=O) groups excluding carboxylic acids is 1. The number of aromatic nitrogens is 1. The molecule has 1 aromatic heterocycles. The van der Waals surface area contributed by atoms with Gasteiger partial charge >= 0.3 is 5.97 Å². The average Bonchev–Trinajstić information content (AvgIpc) is 2.43. The maximum atomic E-state index is 12.2. The molecule has 1 aromatic rings. The number of carbonyl (C=O) groups is 2. The Kier molecular flexibility index (Phi) is 4.54. The molecule has 1 heterocycles. The highest BCUT2D eigenvalue weighted by molar-refractivity contribution is 9.10. The summed E-state index contributed by atoms with van der Waals surface area (Å²) < 4.78 is 0.861. The molecule has 0 fully saturated rings. The van der Waals surface area contributed by atoms with E-state index in [9.17, 15) is 9.59 Å². The summed E-state index contributed by atoms with van der Waals surface area (Å²) in [5, 5.41) is 11.9. The number of allylic oxidation sites excluding steroid dienone is 2. The maximum Gasteiger partial charge on any atom is 0.307 e. The number of halogens is 1. The van der Waals surface area contributed by atoms with E-state index in [1.165, 1.54) is 0 Å². The molecular weight excluding hydrogens is 324 g/mol. The van der Waals surface area contributed by atoms with Crippen molar-refractivity contribution in [2.75, 3.05) is 5.32 Å². The Morgan fingerprint density at radius 3 is 2.60 bits per heavy atom. The van der Waals surface area contributed by atoms with Crippen LogP contribution in [0.5, 0.6) is 0 Å².